The summed E-state index contributed by atoms with van der Waals surface area (Å²) in [4.78, 5) is 8.15. The second kappa shape index (κ2) is 5.31. The summed E-state index contributed by atoms with van der Waals surface area (Å²) in [5.41, 5.74) is 12.3. The van der Waals surface area contributed by atoms with Crippen molar-refractivity contribution in [1.82, 2.24) is 9.97 Å². The molecule has 5 nitrogen and oxygen atoms in total. The number of nitrogens with two attached hydrogens (primary N) is 2. The minimum atomic E-state index is -4.77. The SMILES string of the molecule is Nc1ccc(-c2nccc3ccc(OC(F)(F)F)cc23)c(N)n1. The molecule has 0 bridgehead atoms. The molecule has 2 heterocycles. The van der Waals surface area contributed by atoms with Gasteiger partial charge < -0.3 is 16.2 Å². The Balaban J connectivity index is 2.18. The van der Waals surface area contributed by atoms with E-state index in [-0.39, 0.29) is 17.4 Å². The smallest absolute Gasteiger partial charge is 0.406 e. The lowest BCUT2D eigenvalue weighted by atomic mass is 10.0. The van der Waals surface area contributed by atoms with E-state index in [0.29, 0.717) is 22.0 Å². The lowest BCUT2D eigenvalue weighted by Gasteiger charge is -2.12. The van der Waals surface area contributed by atoms with Crippen molar-refractivity contribution in [2.24, 2.45) is 0 Å². The van der Waals surface area contributed by atoms with Gasteiger partial charge in [-0.05, 0) is 35.7 Å². The number of fused-ring (bicyclic) bond motifs is 1. The topological polar surface area (TPSA) is 87.0 Å². The van der Waals surface area contributed by atoms with Crippen LogP contribution < -0.4 is 16.2 Å². The van der Waals surface area contributed by atoms with Crippen LogP contribution in [0.25, 0.3) is 22.0 Å². The Bertz CT molecular complexity index is 880. The van der Waals surface area contributed by atoms with Crippen LogP contribution in [0.3, 0.4) is 0 Å². The predicted octanol–water partition coefficient (Wildman–Crippen LogP) is 3.36. The van der Waals surface area contributed by atoms with Crippen LogP contribution in [0.1, 0.15) is 0 Å². The van der Waals surface area contributed by atoms with Crippen molar-refractivity contribution in [3.63, 3.8) is 0 Å². The molecule has 8 heteroatoms. The highest BCUT2D eigenvalue weighted by Crippen LogP contribution is 2.33. The van der Waals surface area contributed by atoms with E-state index in [1.165, 1.54) is 24.4 Å². The van der Waals surface area contributed by atoms with Crippen LogP contribution >= 0.6 is 0 Å². The van der Waals surface area contributed by atoms with Gasteiger partial charge in [-0.25, -0.2) is 4.98 Å². The molecule has 4 N–H and O–H groups in total. The second-order valence-corrected chi connectivity index (χ2v) is 4.76. The molecule has 0 atom stereocenters. The average molecular weight is 320 g/mol. The Morgan fingerprint density at radius 3 is 2.48 bits per heavy atom. The molecule has 0 unspecified atom stereocenters. The number of hydrogen-bond acceptors (Lipinski definition) is 5. The highest BCUT2D eigenvalue weighted by Gasteiger charge is 2.31. The predicted molar refractivity (Wildman–Crippen MR) is 80.5 cm³/mol. The number of nitrogens with zero attached hydrogens (tertiary/aromatic N) is 2. The normalized spacial score (nSPS) is 11.6. The third kappa shape index (κ3) is 3.10. The molecule has 0 amide bonds. The van der Waals surface area contributed by atoms with Crippen molar-refractivity contribution in [2.45, 2.75) is 6.36 Å². The summed E-state index contributed by atoms with van der Waals surface area (Å²) in [6.45, 7) is 0. The second-order valence-electron chi connectivity index (χ2n) is 4.76. The van der Waals surface area contributed by atoms with Gasteiger partial charge in [0.05, 0.1) is 5.69 Å². The molecule has 0 radical (unpaired) electrons. The number of hydrogen-bond donors (Lipinski definition) is 2. The fourth-order valence-corrected chi connectivity index (χ4v) is 2.25. The van der Waals surface area contributed by atoms with Crippen molar-refractivity contribution in [3.05, 3.63) is 42.6 Å². The molecule has 0 spiro atoms. The van der Waals surface area contributed by atoms with Gasteiger partial charge in [0, 0.05) is 17.1 Å². The summed E-state index contributed by atoms with van der Waals surface area (Å²) >= 11 is 0. The Morgan fingerprint density at radius 1 is 1.00 bits per heavy atom. The molecule has 0 fully saturated rings. The summed E-state index contributed by atoms with van der Waals surface area (Å²) in [5, 5.41) is 1.16. The number of benzene rings is 1. The third-order valence-electron chi connectivity index (χ3n) is 3.17. The quantitative estimate of drug-likeness (QED) is 0.756. The summed E-state index contributed by atoms with van der Waals surface area (Å²) in [5.74, 6) is 0.0564. The summed E-state index contributed by atoms with van der Waals surface area (Å²) in [6, 6.07) is 8.86. The molecule has 1 aromatic carbocycles. The Labute approximate surface area is 128 Å². The van der Waals surface area contributed by atoms with E-state index in [4.69, 9.17) is 11.5 Å². The highest BCUT2D eigenvalue weighted by molar-refractivity contribution is 5.97. The van der Waals surface area contributed by atoms with E-state index >= 15 is 0 Å². The lowest BCUT2D eigenvalue weighted by molar-refractivity contribution is -0.274. The molecule has 3 rings (SSSR count). The van der Waals surface area contributed by atoms with E-state index in [9.17, 15) is 13.2 Å². The number of rotatable bonds is 2. The van der Waals surface area contributed by atoms with Crippen molar-refractivity contribution < 1.29 is 17.9 Å². The van der Waals surface area contributed by atoms with Crippen molar-refractivity contribution in [3.8, 4) is 17.0 Å². The molecule has 118 valence electrons. The molecule has 23 heavy (non-hydrogen) atoms. The van der Waals surface area contributed by atoms with Crippen LogP contribution in [0.2, 0.25) is 0 Å². The molecule has 0 aliphatic rings. The molecule has 2 aromatic heterocycles. The molecule has 0 aliphatic heterocycles. The first-order chi connectivity index (χ1) is 10.8. The van der Waals surface area contributed by atoms with E-state index in [1.807, 2.05) is 0 Å². The van der Waals surface area contributed by atoms with Gasteiger partial charge in [0.2, 0.25) is 0 Å². The Hall–Kier alpha value is -3.03. The first-order valence-electron chi connectivity index (χ1n) is 6.50. The van der Waals surface area contributed by atoms with Crippen LogP contribution in [0.15, 0.2) is 42.6 Å². The van der Waals surface area contributed by atoms with Crippen LogP contribution in [0.4, 0.5) is 24.8 Å². The van der Waals surface area contributed by atoms with Gasteiger partial charge in [-0.15, -0.1) is 13.2 Å². The third-order valence-corrected chi connectivity index (χ3v) is 3.17. The molecule has 0 saturated carbocycles. The van der Waals surface area contributed by atoms with Crippen LogP contribution in [-0.2, 0) is 0 Å². The number of halogens is 3. The van der Waals surface area contributed by atoms with Gasteiger partial charge in [-0.3, -0.25) is 4.98 Å². The van der Waals surface area contributed by atoms with E-state index in [2.05, 4.69) is 14.7 Å². The Morgan fingerprint density at radius 2 is 1.78 bits per heavy atom. The average Bonchev–Trinajstić information content (AvgIpc) is 2.45. The van der Waals surface area contributed by atoms with Crippen LogP contribution in [0.5, 0.6) is 5.75 Å². The highest BCUT2D eigenvalue weighted by atomic mass is 19.4. The maximum absolute atomic E-state index is 12.4. The summed E-state index contributed by atoms with van der Waals surface area (Å²) in [7, 11) is 0. The van der Waals surface area contributed by atoms with Gasteiger partial charge in [0.15, 0.2) is 0 Å². The molecule has 3 aromatic rings. The van der Waals surface area contributed by atoms with Crippen molar-refractivity contribution >= 4 is 22.4 Å². The first-order valence-corrected chi connectivity index (χ1v) is 6.50. The maximum atomic E-state index is 12.4. The Kier molecular flexibility index (Phi) is 3.44. The minimum absolute atomic E-state index is 0.146. The monoisotopic (exact) mass is 320 g/mol. The number of ether oxygens (including phenoxy) is 1. The minimum Gasteiger partial charge on any atom is -0.406 e. The maximum Gasteiger partial charge on any atom is 0.573 e. The summed E-state index contributed by atoms with van der Waals surface area (Å²) in [6.07, 6.45) is -3.23. The number of nitrogen functional groups attached to an aromatic ring is 2. The lowest BCUT2D eigenvalue weighted by Crippen LogP contribution is -2.17. The van der Waals surface area contributed by atoms with E-state index in [1.54, 1.807) is 18.2 Å². The standard InChI is InChI=1S/C15H11F3N4O/c16-15(17,18)23-9-2-1-8-5-6-21-13(11(8)7-9)10-3-4-12(19)22-14(10)20/h1-7H,(H4,19,20,22). The molecular formula is C15H11F3N4O. The largest absolute Gasteiger partial charge is 0.573 e. The van der Waals surface area contributed by atoms with Gasteiger partial charge >= 0.3 is 6.36 Å². The van der Waals surface area contributed by atoms with Crippen LogP contribution in [-0.4, -0.2) is 16.3 Å². The number of anilines is 2. The van der Waals surface area contributed by atoms with Gasteiger partial charge in [-0.1, -0.05) is 6.07 Å². The van der Waals surface area contributed by atoms with E-state index in [0.717, 1.165) is 0 Å². The fourth-order valence-electron chi connectivity index (χ4n) is 2.25. The zero-order chi connectivity index (χ0) is 16.6. The van der Waals surface area contributed by atoms with Crippen molar-refractivity contribution in [1.29, 1.82) is 0 Å². The molecule has 0 saturated heterocycles. The van der Waals surface area contributed by atoms with Gasteiger partial charge in [0.1, 0.15) is 17.4 Å². The molecular weight excluding hydrogens is 309 g/mol. The van der Waals surface area contributed by atoms with Gasteiger partial charge in [-0.2, -0.15) is 0 Å². The zero-order valence-electron chi connectivity index (χ0n) is 11.6. The summed E-state index contributed by atoms with van der Waals surface area (Å²) < 4.78 is 41.1. The van der Waals surface area contributed by atoms with Gasteiger partial charge in [0.25, 0.3) is 0 Å². The zero-order valence-corrected chi connectivity index (χ0v) is 11.6. The first kappa shape index (κ1) is 14.9. The fraction of sp³-hybridized carbons (Fsp3) is 0.0667. The molecule has 0 aliphatic carbocycles. The van der Waals surface area contributed by atoms with Crippen molar-refractivity contribution in [2.75, 3.05) is 11.5 Å². The number of pyridine rings is 2. The van der Waals surface area contributed by atoms with Crippen LogP contribution in [0, 0.1) is 0 Å². The van der Waals surface area contributed by atoms with E-state index < -0.39 is 6.36 Å². The number of alkyl halides is 3. The number of aromatic nitrogens is 2.